The third-order valence-electron chi connectivity index (χ3n) is 3.23. The molecular formula is C16H18N4O. The molecule has 0 aliphatic heterocycles. The molecule has 108 valence electrons. The van der Waals surface area contributed by atoms with E-state index in [1.54, 1.807) is 22.8 Å². The first kappa shape index (κ1) is 14.8. The second kappa shape index (κ2) is 6.71. The van der Waals surface area contributed by atoms with Crippen LogP contribution in [0, 0.1) is 11.3 Å². The Kier molecular flexibility index (Phi) is 4.72. The fourth-order valence-corrected chi connectivity index (χ4v) is 2.24. The lowest BCUT2D eigenvalue weighted by Gasteiger charge is -2.21. The maximum absolute atomic E-state index is 12.8. The Balaban J connectivity index is 2.36. The van der Waals surface area contributed by atoms with Crippen molar-refractivity contribution in [3.63, 3.8) is 0 Å². The normalized spacial score (nSPS) is 10.1. The van der Waals surface area contributed by atoms with Crippen molar-refractivity contribution in [1.29, 1.82) is 5.26 Å². The topological polar surface area (TPSA) is 61.9 Å². The van der Waals surface area contributed by atoms with E-state index in [-0.39, 0.29) is 5.91 Å². The number of para-hydroxylation sites is 1. The van der Waals surface area contributed by atoms with Gasteiger partial charge in [-0.3, -0.25) is 9.48 Å². The maximum atomic E-state index is 12.8. The Bertz CT molecular complexity index is 655. The summed E-state index contributed by atoms with van der Waals surface area (Å²) < 4.78 is 1.65. The number of aryl methyl sites for hydroxylation is 2. The Morgan fingerprint density at radius 1 is 1.38 bits per heavy atom. The van der Waals surface area contributed by atoms with Crippen molar-refractivity contribution < 1.29 is 4.79 Å². The van der Waals surface area contributed by atoms with E-state index in [1.807, 2.05) is 37.3 Å². The number of hydrogen-bond acceptors (Lipinski definition) is 3. The SMILES string of the molecule is CCc1nn(C)cc1C(=O)N(CCC#N)c1ccccc1. The third-order valence-corrected chi connectivity index (χ3v) is 3.23. The summed E-state index contributed by atoms with van der Waals surface area (Å²) in [6, 6.07) is 11.5. The van der Waals surface area contributed by atoms with Crippen LogP contribution in [0.25, 0.3) is 0 Å². The van der Waals surface area contributed by atoms with Gasteiger partial charge in [-0.15, -0.1) is 0 Å². The minimum absolute atomic E-state index is 0.110. The van der Waals surface area contributed by atoms with Crippen molar-refractivity contribution in [3.05, 3.63) is 47.8 Å². The minimum atomic E-state index is -0.110. The molecule has 0 atom stereocenters. The summed E-state index contributed by atoms with van der Waals surface area (Å²) in [5, 5.41) is 13.1. The summed E-state index contributed by atoms with van der Waals surface area (Å²) in [5.74, 6) is -0.110. The largest absolute Gasteiger partial charge is 0.307 e. The quantitative estimate of drug-likeness (QED) is 0.846. The van der Waals surface area contributed by atoms with E-state index < -0.39 is 0 Å². The molecule has 1 amide bonds. The summed E-state index contributed by atoms with van der Waals surface area (Å²) in [7, 11) is 1.80. The summed E-state index contributed by atoms with van der Waals surface area (Å²) in [4.78, 5) is 14.4. The van der Waals surface area contributed by atoms with Crippen molar-refractivity contribution in [2.45, 2.75) is 19.8 Å². The van der Waals surface area contributed by atoms with Gasteiger partial charge in [-0.25, -0.2) is 0 Å². The number of aromatic nitrogens is 2. The number of anilines is 1. The van der Waals surface area contributed by atoms with Crippen LogP contribution in [0.1, 0.15) is 29.4 Å². The molecule has 1 heterocycles. The van der Waals surface area contributed by atoms with Crippen LogP contribution >= 0.6 is 0 Å². The summed E-state index contributed by atoms with van der Waals surface area (Å²) >= 11 is 0. The van der Waals surface area contributed by atoms with Crippen LogP contribution in [-0.4, -0.2) is 22.2 Å². The summed E-state index contributed by atoms with van der Waals surface area (Å²) in [6.07, 6.45) is 2.73. The number of nitriles is 1. The molecule has 0 bridgehead atoms. The highest BCUT2D eigenvalue weighted by molar-refractivity contribution is 6.06. The molecule has 1 aromatic carbocycles. The molecule has 0 N–H and O–H groups in total. The highest BCUT2D eigenvalue weighted by Gasteiger charge is 2.21. The molecule has 2 rings (SSSR count). The molecule has 0 spiro atoms. The van der Waals surface area contributed by atoms with E-state index in [0.717, 1.165) is 11.4 Å². The van der Waals surface area contributed by atoms with Crippen molar-refractivity contribution in [2.24, 2.45) is 7.05 Å². The van der Waals surface area contributed by atoms with Crippen LogP contribution < -0.4 is 4.90 Å². The zero-order chi connectivity index (χ0) is 15.2. The zero-order valence-corrected chi connectivity index (χ0v) is 12.3. The molecule has 5 heteroatoms. The molecule has 5 nitrogen and oxygen atoms in total. The van der Waals surface area contributed by atoms with E-state index in [2.05, 4.69) is 11.2 Å². The fraction of sp³-hybridized carbons (Fsp3) is 0.312. The lowest BCUT2D eigenvalue weighted by Crippen LogP contribution is -2.32. The van der Waals surface area contributed by atoms with E-state index in [9.17, 15) is 4.79 Å². The van der Waals surface area contributed by atoms with E-state index in [4.69, 9.17) is 5.26 Å². The Morgan fingerprint density at radius 3 is 2.71 bits per heavy atom. The molecular weight excluding hydrogens is 264 g/mol. The Morgan fingerprint density at radius 2 is 2.10 bits per heavy atom. The Hall–Kier alpha value is -2.61. The number of hydrogen-bond donors (Lipinski definition) is 0. The standard InChI is InChI=1S/C16H18N4O/c1-3-15-14(12-19(2)18-15)16(21)20(11-7-10-17)13-8-5-4-6-9-13/h4-6,8-9,12H,3,7,11H2,1-2H3. The number of amides is 1. The predicted octanol–water partition coefficient (Wildman–Crippen LogP) is 2.54. The van der Waals surface area contributed by atoms with Gasteiger partial charge in [0.25, 0.3) is 5.91 Å². The average molecular weight is 282 g/mol. The second-order valence-corrected chi connectivity index (χ2v) is 4.72. The van der Waals surface area contributed by atoms with Crippen molar-refractivity contribution in [1.82, 2.24) is 9.78 Å². The average Bonchev–Trinajstić information content (AvgIpc) is 2.89. The van der Waals surface area contributed by atoms with Crippen LogP contribution in [0.2, 0.25) is 0 Å². The lowest BCUT2D eigenvalue weighted by atomic mass is 10.1. The van der Waals surface area contributed by atoms with Gasteiger partial charge in [0.1, 0.15) is 0 Å². The van der Waals surface area contributed by atoms with Gasteiger partial charge in [0.05, 0.1) is 23.7 Å². The minimum Gasteiger partial charge on any atom is -0.307 e. The number of rotatable bonds is 5. The predicted molar refractivity (Wildman–Crippen MR) is 80.9 cm³/mol. The number of benzene rings is 1. The second-order valence-electron chi connectivity index (χ2n) is 4.72. The molecule has 0 radical (unpaired) electrons. The molecule has 0 unspecified atom stereocenters. The first-order valence-electron chi connectivity index (χ1n) is 6.93. The van der Waals surface area contributed by atoms with Gasteiger partial charge in [-0.05, 0) is 18.6 Å². The number of carbonyl (C=O) groups excluding carboxylic acids is 1. The van der Waals surface area contributed by atoms with Crippen LogP contribution in [0.3, 0.4) is 0 Å². The van der Waals surface area contributed by atoms with Crippen LogP contribution in [0.5, 0.6) is 0 Å². The van der Waals surface area contributed by atoms with Gasteiger partial charge in [-0.1, -0.05) is 25.1 Å². The smallest absolute Gasteiger partial charge is 0.261 e. The lowest BCUT2D eigenvalue weighted by molar-refractivity contribution is 0.0986. The van der Waals surface area contributed by atoms with Crippen molar-refractivity contribution in [3.8, 4) is 6.07 Å². The molecule has 0 fully saturated rings. The van der Waals surface area contributed by atoms with Gasteiger partial charge in [0.15, 0.2) is 0 Å². The highest BCUT2D eigenvalue weighted by Crippen LogP contribution is 2.19. The van der Waals surface area contributed by atoms with Crippen molar-refractivity contribution >= 4 is 11.6 Å². The van der Waals surface area contributed by atoms with Crippen LogP contribution in [-0.2, 0) is 13.5 Å². The summed E-state index contributed by atoms with van der Waals surface area (Å²) in [6.45, 7) is 2.35. The number of carbonyl (C=O) groups is 1. The first-order valence-corrected chi connectivity index (χ1v) is 6.93. The van der Waals surface area contributed by atoms with E-state index in [1.165, 1.54) is 0 Å². The van der Waals surface area contributed by atoms with Gasteiger partial charge >= 0.3 is 0 Å². The van der Waals surface area contributed by atoms with Crippen LogP contribution in [0.15, 0.2) is 36.5 Å². The third kappa shape index (κ3) is 3.29. The molecule has 2 aromatic rings. The van der Waals surface area contributed by atoms with E-state index >= 15 is 0 Å². The zero-order valence-electron chi connectivity index (χ0n) is 12.3. The van der Waals surface area contributed by atoms with Gasteiger partial charge in [0, 0.05) is 25.5 Å². The first-order chi connectivity index (χ1) is 10.2. The monoisotopic (exact) mass is 282 g/mol. The molecule has 0 saturated heterocycles. The molecule has 0 aliphatic rings. The van der Waals surface area contributed by atoms with Crippen LogP contribution in [0.4, 0.5) is 5.69 Å². The van der Waals surface area contributed by atoms with Crippen molar-refractivity contribution in [2.75, 3.05) is 11.4 Å². The maximum Gasteiger partial charge on any atom is 0.261 e. The molecule has 21 heavy (non-hydrogen) atoms. The van der Waals surface area contributed by atoms with E-state index in [0.29, 0.717) is 24.9 Å². The molecule has 1 aromatic heterocycles. The van der Waals surface area contributed by atoms with Gasteiger partial charge in [0.2, 0.25) is 0 Å². The summed E-state index contributed by atoms with van der Waals surface area (Å²) in [5.41, 5.74) is 2.17. The fourth-order valence-electron chi connectivity index (χ4n) is 2.24. The molecule has 0 saturated carbocycles. The van der Waals surface area contributed by atoms with Gasteiger partial charge in [-0.2, -0.15) is 10.4 Å². The Labute approximate surface area is 124 Å². The number of nitrogens with zero attached hydrogens (tertiary/aromatic N) is 4. The molecule has 0 aliphatic carbocycles. The highest BCUT2D eigenvalue weighted by atomic mass is 16.2. The van der Waals surface area contributed by atoms with Gasteiger partial charge < -0.3 is 4.90 Å².